The van der Waals surface area contributed by atoms with Crippen molar-refractivity contribution in [2.75, 3.05) is 4.93 Å². The van der Waals surface area contributed by atoms with Crippen molar-refractivity contribution in [3.63, 3.8) is 0 Å². The molecule has 0 atom stereocenters. The van der Waals surface area contributed by atoms with Crippen molar-refractivity contribution >= 4 is 0 Å². The van der Waals surface area contributed by atoms with Crippen LogP contribution >= 0.6 is 0 Å². The number of halogens is 4. The zero-order valence-electron chi connectivity index (χ0n) is 7.03. The van der Waals surface area contributed by atoms with Crippen molar-refractivity contribution in [3.8, 4) is 0 Å². The number of benzene rings is 1. The Kier molecular flexibility index (Phi) is 3.58. The summed E-state index contributed by atoms with van der Waals surface area (Å²) in [5.41, 5.74) is 0.257. The molecule has 0 saturated heterocycles. The molecule has 0 fully saturated rings. The van der Waals surface area contributed by atoms with Crippen LogP contribution in [-0.4, -0.2) is 4.93 Å². The summed E-state index contributed by atoms with van der Waals surface area (Å²) < 4.78 is 37.5. The van der Waals surface area contributed by atoms with Crippen LogP contribution in [0.5, 0.6) is 0 Å². The summed E-state index contributed by atoms with van der Waals surface area (Å²) in [6.07, 6.45) is -4.21. The minimum absolute atomic E-state index is 0.0119. The Balaban J connectivity index is 2.92. The van der Waals surface area contributed by atoms with E-state index in [9.17, 15) is 13.2 Å². The predicted octanol–water partition coefficient (Wildman–Crippen LogP) is -0.0758. The zero-order chi connectivity index (χ0) is 9.90. The Labute approximate surface area is 85.4 Å². The van der Waals surface area contributed by atoms with Gasteiger partial charge in [-0.15, -0.1) is 0 Å². The molecule has 4 heteroatoms. The predicted molar refractivity (Wildman–Crippen MR) is 41.1 cm³/mol. The molecule has 0 radical (unpaired) electrons. The first-order valence-electron chi connectivity index (χ1n) is 3.64. The molecule has 0 amide bonds. The van der Waals surface area contributed by atoms with Crippen LogP contribution in [-0.2, 0) is 10.6 Å². The Morgan fingerprint density at radius 1 is 1.31 bits per heavy atom. The van der Waals surface area contributed by atoms with E-state index in [2.05, 4.69) is 4.93 Å². The van der Waals surface area contributed by atoms with Gasteiger partial charge in [0.25, 0.3) is 0 Å². The summed E-state index contributed by atoms with van der Waals surface area (Å²) in [7, 11) is 0. The minimum atomic E-state index is -4.21. The third-order valence-electron chi connectivity index (χ3n) is 1.54. The number of alkyl halides is 5. The molecule has 0 aliphatic rings. The Hall–Kier alpha value is -0.260. The van der Waals surface area contributed by atoms with Crippen LogP contribution in [0.1, 0.15) is 11.1 Å². The SMILES string of the molecule is C[I-]Cc1cccc(C(F)(F)F)c1. The van der Waals surface area contributed by atoms with E-state index >= 15 is 0 Å². The first-order valence-corrected chi connectivity index (χ1v) is 7.32. The Bertz CT molecular complexity index is 280. The molecule has 0 bridgehead atoms. The second-order valence-corrected chi connectivity index (χ2v) is 4.89. The van der Waals surface area contributed by atoms with Crippen LogP contribution in [0.3, 0.4) is 0 Å². The molecule has 13 heavy (non-hydrogen) atoms. The second-order valence-electron chi connectivity index (χ2n) is 2.60. The monoisotopic (exact) mass is 301 g/mol. The van der Waals surface area contributed by atoms with Gasteiger partial charge in [-0.25, -0.2) is 0 Å². The van der Waals surface area contributed by atoms with Crippen molar-refractivity contribution in [2.45, 2.75) is 10.6 Å². The van der Waals surface area contributed by atoms with Gasteiger partial charge in [-0.1, -0.05) is 0 Å². The van der Waals surface area contributed by atoms with E-state index in [1.54, 1.807) is 6.07 Å². The first-order chi connectivity index (χ1) is 6.04. The summed E-state index contributed by atoms with van der Waals surface area (Å²) in [5.74, 6) is 0. The van der Waals surface area contributed by atoms with Crippen LogP contribution in [0.2, 0.25) is 0 Å². The van der Waals surface area contributed by atoms with Crippen LogP contribution in [0.15, 0.2) is 24.3 Å². The van der Waals surface area contributed by atoms with Gasteiger partial charge in [-0.2, -0.15) is 0 Å². The molecule has 0 spiro atoms. The molecular formula is C9H9F3I-. The summed E-state index contributed by atoms with van der Waals surface area (Å²) in [6.45, 7) is 0. The fourth-order valence-electron chi connectivity index (χ4n) is 0.985. The molecule has 0 aliphatic heterocycles. The topological polar surface area (TPSA) is 0 Å². The van der Waals surface area contributed by atoms with Gasteiger partial charge in [-0.3, -0.25) is 0 Å². The summed E-state index contributed by atoms with van der Waals surface area (Å²) >= 11 is 0.0119. The van der Waals surface area contributed by atoms with Crippen molar-refractivity contribution in [2.24, 2.45) is 0 Å². The number of hydrogen-bond acceptors (Lipinski definition) is 0. The molecule has 0 nitrogen and oxygen atoms in total. The van der Waals surface area contributed by atoms with E-state index in [-0.39, 0.29) is 21.2 Å². The maximum absolute atomic E-state index is 12.2. The van der Waals surface area contributed by atoms with Gasteiger partial charge in [0.1, 0.15) is 0 Å². The molecule has 1 aromatic carbocycles. The molecule has 0 aliphatic carbocycles. The van der Waals surface area contributed by atoms with E-state index in [1.807, 2.05) is 0 Å². The number of rotatable bonds is 2. The fraction of sp³-hybridized carbons (Fsp3) is 0.333. The molecule has 0 unspecified atom stereocenters. The van der Waals surface area contributed by atoms with Gasteiger partial charge in [0.05, 0.1) is 0 Å². The van der Waals surface area contributed by atoms with E-state index in [0.717, 1.165) is 16.1 Å². The quantitative estimate of drug-likeness (QED) is 0.530. The maximum atomic E-state index is 12.2. The van der Waals surface area contributed by atoms with E-state index in [4.69, 9.17) is 0 Å². The van der Waals surface area contributed by atoms with E-state index < -0.39 is 11.7 Å². The summed E-state index contributed by atoms with van der Waals surface area (Å²) in [6, 6.07) is 5.57. The van der Waals surface area contributed by atoms with E-state index in [0.29, 0.717) is 0 Å². The van der Waals surface area contributed by atoms with Gasteiger partial charge in [-0.05, 0) is 0 Å². The Morgan fingerprint density at radius 3 is 2.54 bits per heavy atom. The average molecular weight is 301 g/mol. The van der Waals surface area contributed by atoms with Crippen LogP contribution in [0, 0.1) is 0 Å². The van der Waals surface area contributed by atoms with Gasteiger partial charge in [0.15, 0.2) is 0 Å². The van der Waals surface area contributed by atoms with Crippen LogP contribution in [0.25, 0.3) is 0 Å². The van der Waals surface area contributed by atoms with Crippen molar-refractivity contribution in [1.29, 1.82) is 0 Å². The van der Waals surface area contributed by atoms with Gasteiger partial charge in [0, 0.05) is 0 Å². The molecule has 0 saturated carbocycles. The van der Waals surface area contributed by atoms with Gasteiger partial charge >= 0.3 is 85.3 Å². The second kappa shape index (κ2) is 4.30. The van der Waals surface area contributed by atoms with E-state index in [1.165, 1.54) is 12.1 Å². The van der Waals surface area contributed by atoms with Crippen LogP contribution in [0.4, 0.5) is 13.2 Å². The fourth-order valence-corrected chi connectivity index (χ4v) is 2.34. The van der Waals surface area contributed by atoms with Gasteiger partial charge < -0.3 is 0 Å². The summed E-state index contributed by atoms with van der Waals surface area (Å²) in [5, 5.41) is 0. The molecule has 1 aromatic rings. The third kappa shape index (κ3) is 3.17. The number of hydrogen-bond donors (Lipinski definition) is 0. The molecule has 0 heterocycles. The van der Waals surface area contributed by atoms with Crippen molar-refractivity contribution in [3.05, 3.63) is 35.4 Å². The average Bonchev–Trinajstić information content (AvgIpc) is 2.04. The standard InChI is InChI=1S/C9H9F3I/c1-13-6-7-3-2-4-8(5-7)9(10,11)12/h2-5H,6H2,1H3/q-1. The molecular weight excluding hydrogens is 292 g/mol. The molecule has 1 rings (SSSR count). The zero-order valence-corrected chi connectivity index (χ0v) is 9.19. The first kappa shape index (κ1) is 10.8. The summed E-state index contributed by atoms with van der Waals surface area (Å²) in [4.78, 5) is 2.05. The normalized spacial score (nSPS) is 12.0. The van der Waals surface area contributed by atoms with Crippen LogP contribution < -0.4 is 21.2 Å². The third-order valence-corrected chi connectivity index (χ3v) is 3.19. The van der Waals surface area contributed by atoms with Crippen molar-refractivity contribution in [1.82, 2.24) is 0 Å². The molecule has 0 N–H and O–H groups in total. The van der Waals surface area contributed by atoms with Crippen molar-refractivity contribution < 1.29 is 34.4 Å². The molecule has 74 valence electrons. The van der Waals surface area contributed by atoms with Gasteiger partial charge in [0.2, 0.25) is 0 Å². The Morgan fingerprint density at radius 2 is 2.00 bits per heavy atom. The molecule has 0 aromatic heterocycles.